The molecule has 0 saturated heterocycles. The fourth-order valence-corrected chi connectivity index (χ4v) is 8.40. The average Bonchev–Trinajstić information content (AvgIpc) is 3.37. The van der Waals surface area contributed by atoms with Crippen molar-refractivity contribution in [3.05, 3.63) is 71.9 Å². The highest BCUT2D eigenvalue weighted by molar-refractivity contribution is 6.00. The van der Waals surface area contributed by atoms with Crippen molar-refractivity contribution in [1.29, 1.82) is 0 Å². The molecule has 0 unspecified atom stereocenters. The van der Waals surface area contributed by atoms with E-state index in [-0.39, 0.29) is 25.2 Å². The molecule has 0 spiro atoms. The van der Waals surface area contributed by atoms with Crippen LogP contribution in [0.2, 0.25) is 0 Å². The topological polar surface area (TPSA) is 496 Å². The highest BCUT2D eigenvalue weighted by Crippen LogP contribution is 2.20. The van der Waals surface area contributed by atoms with E-state index in [1.807, 2.05) is 0 Å². The number of carboxylic acid groups (broad SMARTS) is 4. The molecule has 0 aliphatic carbocycles. The number of primary amides is 1. The van der Waals surface area contributed by atoms with Crippen LogP contribution in [0.3, 0.4) is 0 Å². The Kier molecular flexibility index (Phi) is 27.6. The number of H-pyrrole nitrogens is 1. The number of nitrogens with one attached hydrogen (secondary N) is 10. The van der Waals surface area contributed by atoms with Crippen molar-refractivity contribution in [3.63, 3.8) is 0 Å². The van der Waals surface area contributed by atoms with Gasteiger partial charge in [0.2, 0.25) is 59.1 Å². The lowest BCUT2D eigenvalue weighted by atomic mass is 9.97. The summed E-state index contributed by atoms with van der Waals surface area (Å²) < 4.78 is 0. The molecule has 85 heavy (non-hydrogen) atoms. The van der Waals surface area contributed by atoms with Crippen molar-refractivity contribution < 1.29 is 87.5 Å². The number of carbonyl (C=O) groups excluding carboxylic acids is 10. The van der Waals surface area contributed by atoms with Gasteiger partial charge in [-0.1, -0.05) is 96.5 Å². The number of aliphatic carboxylic acids is 4. The van der Waals surface area contributed by atoms with E-state index < -0.39 is 188 Å². The number of nitrogens with two attached hydrogens (primary N) is 2. The van der Waals surface area contributed by atoms with E-state index in [1.165, 1.54) is 20.0 Å². The number of fused-ring (bicyclic) bond motifs is 1. The van der Waals surface area contributed by atoms with Crippen LogP contribution in [0.5, 0.6) is 0 Å². The summed E-state index contributed by atoms with van der Waals surface area (Å²) in [6.45, 7) is 8.62. The molecule has 0 radical (unpaired) electrons. The molecule has 10 amide bonds. The number of hydrogen-bond donors (Lipinski definition) is 16. The zero-order valence-electron chi connectivity index (χ0n) is 47.7. The lowest BCUT2D eigenvalue weighted by molar-refractivity contribution is -0.147. The molecule has 1 aromatic heterocycles. The molecule has 3 aromatic rings. The maximum Gasteiger partial charge on any atom is 0.326 e. The lowest BCUT2D eigenvalue weighted by Crippen LogP contribution is -2.61. The zero-order chi connectivity index (χ0) is 63.8. The first-order valence-electron chi connectivity index (χ1n) is 27.1. The first-order chi connectivity index (χ1) is 39.9. The van der Waals surface area contributed by atoms with E-state index in [2.05, 4.69) is 52.8 Å². The molecule has 18 N–H and O–H groups in total. The Hall–Kier alpha value is -9.48. The molecule has 3 rings (SSSR count). The molecular formula is C55H76N12O18. The van der Waals surface area contributed by atoms with Gasteiger partial charge in [-0.05, 0) is 41.4 Å². The fraction of sp³-hybridized carbons (Fsp3) is 0.491. The Morgan fingerprint density at radius 1 is 0.506 bits per heavy atom. The molecule has 30 heteroatoms. The number of carboxylic acids is 4. The summed E-state index contributed by atoms with van der Waals surface area (Å²) in [6.07, 6.45) is -2.79. The van der Waals surface area contributed by atoms with Gasteiger partial charge in [-0.2, -0.15) is 0 Å². The number of aromatic nitrogens is 1. The quantitative estimate of drug-likeness (QED) is 0.0284. The standard InChI is InChI=1S/C55H76N12O18/c1-7-28(6)46(66-40(69)25-59-47(76)34(19-29-13-9-8-10-14-29)61-50(79)36(21-41(70)71)63-52(81)44(57)26(2)3)54(83)60-33(17-18-39(56)68)48(77)67-45(27(4)5)53(82)64-37(22-42(72)73)51(80)62-35(49(78)65-38(55(84)85)23-43(74)75)20-30-24-58-32-16-12-11-15-31(30)32/h8-16,24,26-28,33-38,44-46,58H,7,17-23,25,57H2,1-6H3,(H2,56,68)(H,59,76)(H,60,83)(H,61,79)(H,62,80)(H,63,81)(H,64,82)(H,65,78)(H,66,69)(H,67,77)(H,70,71)(H,72,73)(H,74,75)(H,84,85)/t28-,33-,34-,35-,36-,37-,38-,44-,45-,46-/m0/s1. The molecule has 0 saturated carbocycles. The van der Waals surface area contributed by atoms with Gasteiger partial charge in [0.05, 0.1) is 31.8 Å². The molecule has 0 aliphatic rings. The largest absolute Gasteiger partial charge is 0.481 e. The SMILES string of the molecule is CC[C@H](C)[C@H](NC(=O)CNC(=O)[C@H](Cc1ccccc1)NC(=O)[C@H](CC(=O)O)NC(=O)[C@@H](N)C(C)C)C(=O)N[C@@H](CCC(N)=O)C(=O)N[C@H](C(=O)N[C@@H](CC(=O)O)C(=O)N[C@@H](Cc1c[nH]c2ccccc12)C(=O)N[C@@H](CC(=O)O)C(=O)O)C(C)C. The van der Waals surface area contributed by atoms with Gasteiger partial charge >= 0.3 is 23.9 Å². The maximum atomic E-state index is 14.1. The second kappa shape index (κ2) is 33.6. The second-order valence-corrected chi connectivity index (χ2v) is 20.9. The Morgan fingerprint density at radius 2 is 0.976 bits per heavy atom. The minimum Gasteiger partial charge on any atom is -0.481 e. The normalized spacial score (nSPS) is 14.6. The summed E-state index contributed by atoms with van der Waals surface area (Å²) in [5.74, 6) is -18.6. The van der Waals surface area contributed by atoms with Crippen LogP contribution in [0.25, 0.3) is 10.9 Å². The van der Waals surface area contributed by atoms with Crippen LogP contribution in [0.15, 0.2) is 60.8 Å². The lowest BCUT2D eigenvalue weighted by Gasteiger charge is -2.29. The van der Waals surface area contributed by atoms with Gasteiger partial charge in [0.1, 0.15) is 48.3 Å². The number of amides is 10. The first kappa shape index (κ1) is 69.8. The predicted molar refractivity (Wildman–Crippen MR) is 301 cm³/mol. The van der Waals surface area contributed by atoms with Gasteiger partial charge in [0.15, 0.2) is 0 Å². The Morgan fingerprint density at radius 3 is 1.51 bits per heavy atom. The predicted octanol–water partition coefficient (Wildman–Crippen LogP) is -2.59. The third-order valence-electron chi connectivity index (χ3n) is 13.5. The van der Waals surface area contributed by atoms with Crippen molar-refractivity contribution in [2.45, 2.75) is 147 Å². The second-order valence-electron chi connectivity index (χ2n) is 20.9. The van der Waals surface area contributed by atoms with Crippen LogP contribution in [0.1, 0.15) is 91.2 Å². The minimum atomic E-state index is -1.98. The molecule has 10 atom stereocenters. The third-order valence-corrected chi connectivity index (χ3v) is 13.5. The fourth-order valence-electron chi connectivity index (χ4n) is 8.40. The van der Waals surface area contributed by atoms with Crippen molar-refractivity contribution in [2.75, 3.05) is 6.54 Å². The summed E-state index contributed by atoms with van der Waals surface area (Å²) in [6, 6.07) is 0.435. The molecular weight excluding hydrogens is 1120 g/mol. The summed E-state index contributed by atoms with van der Waals surface area (Å²) in [5, 5.41) is 60.1. The smallest absolute Gasteiger partial charge is 0.326 e. The molecule has 0 fully saturated rings. The van der Waals surface area contributed by atoms with Gasteiger partial charge in [0.25, 0.3) is 0 Å². The van der Waals surface area contributed by atoms with Crippen LogP contribution in [0.4, 0.5) is 0 Å². The monoisotopic (exact) mass is 1190 g/mol. The van der Waals surface area contributed by atoms with Crippen molar-refractivity contribution in [3.8, 4) is 0 Å². The van der Waals surface area contributed by atoms with Crippen LogP contribution < -0.4 is 59.3 Å². The minimum absolute atomic E-state index is 0.173. The van der Waals surface area contributed by atoms with E-state index in [1.54, 1.807) is 82.3 Å². The number of rotatable bonds is 36. The molecule has 0 bridgehead atoms. The van der Waals surface area contributed by atoms with E-state index in [0.717, 1.165) is 0 Å². The van der Waals surface area contributed by atoms with E-state index in [9.17, 15) is 87.5 Å². The van der Waals surface area contributed by atoms with E-state index in [0.29, 0.717) is 22.0 Å². The van der Waals surface area contributed by atoms with Gasteiger partial charge in [-0.15, -0.1) is 0 Å². The summed E-state index contributed by atoms with van der Waals surface area (Å²) >= 11 is 0. The summed E-state index contributed by atoms with van der Waals surface area (Å²) in [7, 11) is 0. The number of aromatic amines is 1. The van der Waals surface area contributed by atoms with Gasteiger partial charge in [-0.3, -0.25) is 62.3 Å². The van der Waals surface area contributed by atoms with Crippen LogP contribution in [-0.2, 0) is 80.0 Å². The van der Waals surface area contributed by atoms with Crippen LogP contribution in [-0.4, -0.2) is 169 Å². The Labute approximate surface area is 487 Å². The van der Waals surface area contributed by atoms with Gasteiger partial charge < -0.3 is 84.7 Å². The molecule has 30 nitrogen and oxygen atoms in total. The number of carbonyl (C=O) groups is 14. The highest BCUT2D eigenvalue weighted by atomic mass is 16.4. The third kappa shape index (κ3) is 23.0. The number of hydrogen-bond acceptors (Lipinski definition) is 15. The van der Waals surface area contributed by atoms with E-state index >= 15 is 0 Å². The van der Waals surface area contributed by atoms with Crippen LogP contribution in [0, 0.1) is 17.8 Å². The number of para-hydroxylation sites is 1. The van der Waals surface area contributed by atoms with Crippen LogP contribution >= 0.6 is 0 Å². The molecule has 0 aliphatic heterocycles. The average molecular weight is 1190 g/mol. The van der Waals surface area contributed by atoms with Gasteiger partial charge in [-0.25, -0.2) is 4.79 Å². The zero-order valence-corrected chi connectivity index (χ0v) is 47.7. The van der Waals surface area contributed by atoms with Gasteiger partial charge in [0, 0.05) is 36.4 Å². The maximum absolute atomic E-state index is 14.1. The highest BCUT2D eigenvalue weighted by Gasteiger charge is 2.37. The van der Waals surface area contributed by atoms with Crippen molar-refractivity contribution in [1.82, 2.24) is 52.8 Å². The summed E-state index contributed by atoms with van der Waals surface area (Å²) in [4.78, 5) is 186. The summed E-state index contributed by atoms with van der Waals surface area (Å²) in [5.41, 5.74) is 12.9. The van der Waals surface area contributed by atoms with E-state index in [4.69, 9.17) is 11.5 Å². The van der Waals surface area contributed by atoms with Crippen molar-refractivity contribution >= 4 is 93.9 Å². The Bertz CT molecular complexity index is 2920. The van der Waals surface area contributed by atoms with Crippen molar-refractivity contribution in [2.24, 2.45) is 29.2 Å². The first-order valence-corrected chi connectivity index (χ1v) is 27.1. The molecule has 1 heterocycles. The Balaban J connectivity index is 1.85. The molecule has 464 valence electrons. The molecule has 2 aromatic carbocycles. The number of benzene rings is 2.